The SMILES string of the molecule is CCN(CF)CCC(C)C. The first-order valence-corrected chi connectivity index (χ1v) is 3.99. The zero-order valence-electron chi connectivity index (χ0n) is 7.23. The number of rotatable bonds is 5. The van der Waals surface area contributed by atoms with E-state index in [0.717, 1.165) is 19.5 Å². The first-order chi connectivity index (χ1) is 4.70. The van der Waals surface area contributed by atoms with E-state index in [4.69, 9.17) is 0 Å². The van der Waals surface area contributed by atoms with Gasteiger partial charge in [-0.2, -0.15) is 0 Å². The maximum absolute atomic E-state index is 12.0. The van der Waals surface area contributed by atoms with Crippen molar-refractivity contribution in [3.63, 3.8) is 0 Å². The van der Waals surface area contributed by atoms with Gasteiger partial charge in [0, 0.05) is 6.54 Å². The van der Waals surface area contributed by atoms with Gasteiger partial charge in [-0.25, -0.2) is 4.39 Å². The van der Waals surface area contributed by atoms with Crippen molar-refractivity contribution in [2.75, 3.05) is 19.9 Å². The van der Waals surface area contributed by atoms with E-state index in [2.05, 4.69) is 13.8 Å². The number of hydrogen-bond acceptors (Lipinski definition) is 1. The lowest BCUT2D eigenvalue weighted by Crippen LogP contribution is -2.24. The van der Waals surface area contributed by atoms with E-state index in [1.807, 2.05) is 6.92 Å². The van der Waals surface area contributed by atoms with Crippen LogP contribution in [0.25, 0.3) is 0 Å². The van der Waals surface area contributed by atoms with Gasteiger partial charge in [-0.1, -0.05) is 20.8 Å². The first kappa shape index (κ1) is 9.89. The largest absolute Gasteiger partial charge is 0.277 e. The monoisotopic (exact) mass is 147 g/mol. The Morgan fingerprint density at radius 3 is 2.30 bits per heavy atom. The van der Waals surface area contributed by atoms with Crippen LogP contribution >= 0.6 is 0 Å². The van der Waals surface area contributed by atoms with E-state index in [-0.39, 0.29) is 6.80 Å². The number of nitrogens with zero attached hydrogens (tertiary/aromatic N) is 1. The van der Waals surface area contributed by atoms with Crippen molar-refractivity contribution in [3.05, 3.63) is 0 Å². The highest BCUT2D eigenvalue weighted by atomic mass is 19.1. The molecule has 0 unspecified atom stereocenters. The molecule has 0 fully saturated rings. The van der Waals surface area contributed by atoms with Gasteiger partial charge in [-0.05, 0) is 18.9 Å². The summed E-state index contributed by atoms with van der Waals surface area (Å²) in [7, 11) is 0. The van der Waals surface area contributed by atoms with Crippen molar-refractivity contribution < 1.29 is 4.39 Å². The van der Waals surface area contributed by atoms with Crippen molar-refractivity contribution in [1.29, 1.82) is 0 Å². The van der Waals surface area contributed by atoms with Gasteiger partial charge in [0.15, 0.2) is 0 Å². The molecule has 10 heavy (non-hydrogen) atoms. The van der Waals surface area contributed by atoms with Gasteiger partial charge in [0.05, 0.1) is 0 Å². The molecule has 0 heterocycles. The van der Waals surface area contributed by atoms with Crippen LogP contribution in [0.1, 0.15) is 27.2 Å². The average Bonchev–Trinajstić information content (AvgIpc) is 1.90. The van der Waals surface area contributed by atoms with E-state index in [9.17, 15) is 4.39 Å². The van der Waals surface area contributed by atoms with E-state index in [1.54, 1.807) is 4.90 Å². The maximum atomic E-state index is 12.0. The minimum Gasteiger partial charge on any atom is -0.277 e. The van der Waals surface area contributed by atoms with Crippen LogP contribution in [0.3, 0.4) is 0 Å². The summed E-state index contributed by atoms with van der Waals surface area (Å²) < 4.78 is 12.0. The van der Waals surface area contributed by atoms with Crippen molar-refractivity contribution in [3.8, 4) is 0 Å². The summed E-state index contributed by atoms with van der Waals surface area (Å²) in [4.78, 5) is 1.81. The Morgan fingerprint density at radius 1 is 1.40 bits per heavy atom. The molecule has 0 bridgehead atoms. The molecule has 0 aromatic heterocycles. The topological polar surface area (TPSA) is 3.24 Å². The fourth-order valence-electron chi connectivity index (χ4n) is 0.743. The average molecular weight is 147 g/mol. The molecule has 0 spiro atoms. The van der Waals surface area contributed by atoms with E-state index in [0.29, 0.717) is 5.92 Å². The predicted molar refractivity (Wildman–Crippen MR) is 42.7 cm³/mol. The van der Waals surface area contributed by atoms with Crippen molar-refractivity contribution in [2.45, 2.75) is 27.2 Å². The van der Waals surface area contributed by atoms with Crippen LogP contribution < -0.4 is 0 Å². The Morgan fingerprint density at radius 2 is 2.00 bits per heavy atom. The molecule has 0 aliphatic carbocycles. The first-order valence-electron chi connectivity index (χ1n) is 3.99. The summed E-state index contributed by atoms with van der Waals surface area (Å²) in [6.45, 7) is 7.72. The molecular formula is C8H18FN. The molecule has 62 valence electrons. The van der Waals surface area contributed by atoms with Crippen LogP contribution in [0.5, 0.6) is 0 Å². The Bertz CT molecular complexity index is 69.7. The fourth-order valence-corrected chi connectivity index (χ4v) is 0.743. The minimum absolute atomic E-state index is 0.302. The summed E-state index contributed by atoms with van der Waals surface area (Å²) >= 11 is 0. The molecule has 0 aromatic rings. The maximum Gasteiger partial charge on any atom is 0.142 e. The highest BCUT2D eigenvalue weighted by Gasteiger charge is 2.01. The van der Waals surface area contributed by atoms with E-state index >= 15 is 0 Å². The quantitative estimate of drug-likeness (QED) is 0.539. The second kappa shape index (κ2) is 5.66. The minimum atomic E-state index is -0.302. The Kier molecular flexibility index (Phi) is 5.60. The summed E-state index contributed by atoms with van der Waals surface area (Å²) in [6, 6.07) is 0. The van der Waals surface area contributed by atoms with Crippen LogP contribution in [-0.4, -0.2) is 24.8 Å². The van der Waals surface area contributed by atoms with Crippen LogP contribution in [0.2, 0.25) is 0 Å². The zero-order chi connectivity index (χ0) is 7.98. The van der Waals surface area contributed by atoms with Crippen molar-refractivity contribution in [1.82, 2.24) is 4.90 Å². The van der Waals surface area contributed by atoms with Crippen LogP contribution in [0, 0.1) is 5.92 Å². The smallest absolute Gasteiger partial charge is 0.142 e. The summed E-state index contributed by atoms with van der Waals surface area (Å²) in [6.07, 6.45) is 1.10. The van der Waals surface area contributed by atoms with Crippen LogP contribution in [0.15, 0.2) is 0 Å². The summed E-state index contributed by atoms with van der Waals surface area (Å²) in [5, 5.41) is 0. The molecule has 0 N–H and O–H groups in total. The van der Waals surface area contributed by atoms with Gasteiger partial charge in [-0.15, -0.1) is 0 Å². The summed E-state index contributed by atoms with van der Waals surface area (Å²) in [5.41, 5.74) is 0. The van der Waals surface area contributed by atoms with E-state index < -0.39 is 0 Å². The third-order valence-electron chi connectivity index (χ3n) is 1.64. The number of hydrogen-bond donors (Lipinski definition) is 0. The third kappa shape index (κ3) is 4.74. The van der Waals surface area contributed by atoms with Gasteiger partial charge in [0.2, 0.25) is 0 Å². The number of alkyl halides is 1. The molecule has 0 saturated carbocycles. The molecule has 0 saturated heterocycles. The highest BCUT2D eigenvalue weighted by molar-refractivity contribution is 4.52. The van der Waals surface area contributed by atoms with Crippen molar-refractivity contribution >= 4 is 0 Å². The Balaban J connectivity index is 3.26. The normalized spacial score (nSPS) is 11.4. The molecule has 2 heteroatoms. The molecular weight excluding hydrogens is 129 g/mol. The van der Waals surface area contributed by atoms with Gasteiger partial charge in [-0.3, -0.25) is 4.90 Å². The molecule has 0 rings (SSSR count). The molecule has 1 nitrogen and oxygen atoms in total. The second-order valence-electron chi connectivity index (χ2n) is 3.01. The summed E-state index contributed by atoms with van der Waals surface area (Å²) in [5.74, 6) is 0.681. The van der Waals surface area contributed by atoms with Crippen LogP contribution in [-0.2, 0) is 0 Å². The molecule has 0 atom stereocenters. The lowest BCUT2D eigenvalue weighted by molar-refractivity contribution is 0.185. The zero-order valence-corrected chi connectivity index (χ0v) is 7.23. The fraction of sp³-hybridized carbons (Fsp3) is 1.00. The molecule has 0 aliphatic rings. The number of halogens is 1. The Hall–Kier alpha value is -0.110. The van der Waals surface area contributed by atoms with Gasteiger partial charge < -0.3 is 0 Å². The van der Waals surface area contributed by atoms with Crippen LogP contribution in [0.4, 0.5) is 4.39 Å². The molecule has 0 aromatic carbocycles. The lowest BCUT2D eigenvalue weighted by atomic mass is 10.1. The third-order valence-corrected chi connectivity index (χ3v) is 1.64. The highest BCUT2D eigenvalue weighted by Crippen LogP contribution is 2.01. The van der Waals surface area contributed by atoms with Gasteiger partial charge >= 0.3 is 0 Å². The van der Waals surface area contributed by atoms with Gasteiger partial charge in [0.1, 0.15) is 6.80 Å². The predicted octanol–water partition coefficient (Wildman–Crippen LogP) is 2.28. The second-order valence-corrected chi connectivity index (χ2v) is 3.01. The standard InChI is InChI=1S/C8H18FN/c1-4-10(7-9)6-5-8(2)3/h8H,4-7H2,1-3H3. The Labute approximate surface area is 63.2 Å². The van der Waals surface area contributed by atoms with Gasteiger partial charge in [0.25, 0.3) is 0 Å². The van der Waals surface area contributed by atoms with E-state index in [1.165, 1.54) is 0 Å². The van der Waals surface area contributed by atoms with Crippen molar-refractivity contribution in [2.24, 2.45) is 5.92 Å². The molecule has 0 amide bonds. The lowest BCUT2D eigenvalue weighted by Gasteiger charge is -2.16. The molecule has 0 radical (unpaired) electrons. The molecule has 0 aliphatic heterocycles.